The van der Waals surface area contributed by atoms with Crippen LogP contribution < -0.4 is 15.5 Å². The Hall–Kier alpha value is -1.13. The van der Waals surface area contributed by atoms with Crippen molar-refractivity contribution in [1.82, 2.24) is 15.6 Å². The third kappa shape index (κ3) is 1.79. The van der Waals surface area contributed by atoms with Crippen molar-refractivity contribution in [2.75, 3.05) is 37.6 Å². The van der Waals surface area contributed by atoms with E-state index in [0.717, 1.165) is 45.7 Å². The highest BCUT2D eigenvalue weighted by molar-refractivity contribution is 5.52. The third-order valence-electron chi connectivity index (χ3n) is 3.41. The average Bonchev–Trinajstić information content (AvgIpc) is 2.39. The maximum absolute atomic E-state index is 4.59. The summed E-state index contributed by atoms with van der Waals surface area (Å²) >= 11 is 0. The predicted octanol–water partition coefficient (Wildman–Crippen LogP) is 0.137. The van der Waals surface area contributed by atoms with Crippen LogP contribution >= 0.6 is 0 Å². The zero-order valence-electron chi connectivity index (χ0n) is 9.50. The lowest BCUT2D eigenvalue weighted by Crippen LogP contribution is -2.44. The van der Waals surface area contributed by atoms with Gasteiger partial charge >= 0.3 is 0 Å². The minimum atomic E-state index is 0.997. The van der Waals surface area contributed by atoms with Gasteiger partial charge in [-0.15, -0.1) is 0 Å². The monoisotopic (exact) mass is 218 g/mol. The molecule has 3 rings (SSSR count). The Kier molecular flexibility index (Phi) is 2.76. The highest BCUT2D eigenvalue weighted by atomic mass is 15.2. The first kappa shape index (κ1) is 10.1. The molecule has 4 heteroatoms. The molecule has 2 aliphatic heterocycles. The van der Waals surface area contributed by atoms with Crippen LogP contribution in [0.15, 0.2) is 12.3 Å². The Labute approximate surface area is 96.1 Å². The van der Waals surface area contributed by atoms with E-state index in [1.807, 2.05) is 6.20 Å². The summed E-state index contributed by atoms with van der Waals surface area (Å²) in [6.07, 6.45) is 3.06. The maximum Gasteiger partial charge on any atom is 0.132 e. The number of rotatable bonds is 1. The second-order valence-corrected chi connectivity index (χ2v) is 4.44. The van der Waals surface area contributed by atoms with E-state index in [0.29, 0.717) is 0 Å². The molecule has 0 aliphatic carbocycles. The number of nitrogens with zero attached hydrogens (tertiary/aromatic N) is 2. The summed E-state index contributed by atoms with van der Waals surface area (Å²) in [4.78, 5) is 7.00. The summed E-state index contributed by atoms with van der Waals surface area (Å²) < 4.78 is 0. The second-order valence-electron chi connectivity index (χ2n) is 4.44. The van der Waals surface area contributed by atoms with Gasteiger partial charge in [-0.25, -0.2) is 4.98 Å². The quantitative estimate of drug-likeness (QED) is 0.703. The zero-order valence-corrected chi connectivity index (χ0v) is 9.50. The number of anilines is 1. The van der Waals surface area contributed by atoms with Gasteiger partial charge in [-0.3, -0.25) is 0 Å². The van der Waals surface area contributed by atoms with Gasteiger partial charge in [0.25, 0.3) is 0 Å². The molecule has 0 unspecified atom stereocenters. The minimum absolute atomic E-state index is 0.997. The molecule has 2 N–H and O–H groups in total. The number of nitrogens with one attached hydrogen (secondary N) is 2. The van der Waals surface area contributed by atoms with Crippen molar-refractivity contribution in [2.45, 2.75) is 13.0 Å². The number of fused-ring (bicyclic) bond motifs is 1. The van der Waals surface area contributed by atoms with Crippen LogP contribution in [0.5, 0.6) is 0 Å². The standard InChI is InChI=1S/C12H18N4/c1-4-15-12(16-7-5-13-6-8-16)11-2-3-14-9-10(1)11/h1,4,13-14H,2-3,5-9H2. The Morgan fingerprint density at radius 1 is 1.12 bits per heavy atom. The van der Waals surface area contributed by atoms with Gasteiger partial charge in [-0.05, 0) is 24.6 Å². The van der Waals surface area contributed by atoms with Crippen molar-refractivity contribution in [3.8, 4) is 0 Å². The molecule has 86 valence electrons. The van der Waals surface area contributed by atoms with Gasteiger partial charge in [0.15, 0.2) is 0 Å². The smallest absolute Gasteiger partial charge is 0.132 e. The summed E-state index contributed by atoms with van der Waals surface area (Å²) in [5.74, 6) is 1.22. The van der Waals surface area contributed by atoms with Crippen LogP contribution in [0.2, 0.25) is 0 Å². The molecule has 1 saturated heterocycles. The zero-order chi connectivity index (χ0) is 10.8. The first-order valence-electron chi connectivity index (χ1n) is 6.08. The van der Waals surface area contributed by atoms with Gasteiger partial charge < -0.3 is 15.5 Å². The van der Waals surface area contributed by atoms with Crippen LogP contribution in [0.3, 0.4) is 0 Å². The third-order valence-corrected chi connectivity index (χ3v) is 3.41. The van der Waals surface area contributed by atoms with Crippen LogP contribution in [-0.4, -0.2) is 37.7 Å². The number of piperazine rings is 1. The summed E-state index contributed by atoms with van der Waals surface area (Å²) in [7, 11) is 0. The normalized spacial score (nSPS) is 20.6. The molecule has 2 aliphatic rings. The minimum Gasteiger partial charge on any atom is -0.354 e. The van der Waals surface area contributed by atoms with E-state index < -0.39 is 0 Å². The Balaban J connectivity index is 1.93. The van der Waals surface area contributed by atoms with E-state index in [1.54, 1.807) is 0 Å². The molecule has 1 fully saturated rings. The highest BCUT2D eigenvalue weighted by Crippen LogP contribution is 2.24. The number of pyridine rings is 1. The van der Waals surface area contributed by atoms with E-state index >= 15 is 0 Å². The maximum atomic E-state index is 4.59. The van der Waals surface area contributed by atoms with E-state index in [9.17, 15) is 0 Å². The van der Waals surface area contributed by atoms with Crippen LogP contribution in [0.4, 0.5) is 5.82 Å². The molecular formula is C12H18N4. The fourth-order valence-electron chi connectivity index (χ4n) is 2.54. The van der Waals surface area contributed by atoms with Crippen molar-refractivity contribution in [1.29, 1.82) is 0 Å². The fraction of sp³-hybridized carbons (Fsp3) is 0.583. The van der Waals surface area contributed by atoms with Gasteiger partial charge in [0, 0.05) is 44.5 Å². The lowest BCUT2D eigenvalue weighted by atomic mass is 10.0. The fourth-order valence-corrected chi connectivity index (χ4v) is 2.54. The van der Waals surface area contributed by atoms with Crippen LogP contribution in [-0.2, 0) is 13.0 Å². The Morgan fingerprint density at radius 3 is 2.88 bits per heavy atom. The Morgan fingerprint density at radius 2 is 2.00 bits per heavy atom. The lowest BCUT2D eigenvalue weighted by molar-refractivity contribution is 0.577. The largest absolute Gasteiger partial charge is 0.354 e. The van der Waals surface area contributed by atoms with E-state index in [1.165, 1.54) is 16.9 Å². The first-order chi connectivity index (χ1) is 7.95. The summed E-state index contributed by atoms with van der Waals surface area (Å²) in [6, 6.07) is 2.15. The highest BCUT2D eigenvalue weighted by Gasteiger charge is 2.19. The van der Waals surface area contributed by atoms with E-state index in [2.05, 4.69) is 26.6 Å². The molecule has 0 saturated carbocycles. The molecule has 0 aromatic carbocycles. The van der Waals surface area contributed by atoms with Gasteiger partial charge in [-0.2, -0.15) is 0 Å². The van der Waals surface area contributed by atoms with Crippen molar-refractivity contribution in [2.24, 2.45) is 0 Å². The lowest BCUT2D eigenvalue weighted by Gasteiger charge is -2.31. The molecular weight excluding hydrogens is 200 g/mol. The van der Waals surface area contributed by atoms with E-state index in [4.69, 9.17) is 0 Å². The molecule has 0 bridgehead atoms. The first-order valence-corrected chi connectivity index (χ1v) is 6.08. The number of hydrogen-bond donors (Lipinski definition) is 2. The summed E-state index contributed by atoms with van der Waals surface area (Å²) in [6.45, 7) is 6.38. The van der Waals surface area contributed by atoms with Crippen molar-refractivity contribution >= 4 is 5.82 Å². The molecule has 3 heterocycles. The molecule has 0 amide bonds. The van der Waals surface area contributed by atoms with Crippen molar-refractivity contribution in [3.05, 3.63) is 23.4 Å². The van der Waals surface area contributed by atoms with Gasteiger partial charge in [0.05, 0.1) is 0 Å². The number of aromatic nitrogens is 1. The summed E-state index contributed by atoms with van der Waals surface area (Å²) in [5, 5.41) is 6.80. The molecule has 4 nitrogen and oxygen atoms in total. The van der Waals surface area contributed by atoms with Gasteiger partial charge in [-0.1, -0.05) is 0 Å². The van der Waals surface area contributed by atoms with Crippen molar-refractivity contribution < 1.29 is 0 Å². The molecule has 0 spiro atoms. The molecule has 0 atom stereocenters. The van der Waals surface area contributed by atoms with Gasteiger partial charge in [0.2, 0.25) is 0 Å². The topological polar surface area (TPSA) is 40.2 Å². The molecule has 16 heavy (non-hydrogen) atoms. The predicted molar refractivity (Wildman–Crippen MR) is 64.7 cm³/mol. The Bertz CT molecular complexity index is 371. The summed E-state index contributed by atoms with van der Waals surface area (Å²) in [5.41, 5.74) is 2.89. The number of hydrogen-bond acceptors (Lipinski definition) is 4. The van der Waals surface area contributed by atoms with Crippen LogP contribution in [0.25, 0.3) is 0 Å². The average molecular weight is 218 g/mol. The van der Waals surface area contributed by atoms with E-state index in [-0.39, 0.29) is 0 Å². The van der Waals surface area contributed by atoms with Crippen molar-refractivity contribution in [3.63, 3.8) is 0 Å². The molecule has 1 aromatic rings. The van der Waals surface area contributed by atoms with Crippen LogP contribution in [0.1, 0.15) is 11.1 Å². The SMILES string of the molecule is c1cc2c(c(N3CCNCC3)n1)CCNC2. The van der Waals surface area contributed by atoms with Gasteiger partial charge in [0.1, 0.15) is 5.82 Å². The molecule has 0 radical (unpaired) electrons. The second kappa shape index (κ2) is 4.39. The molecule has 1 aromatic heterocycles. The van der Waals surface area contributed by atoms with Crippen LogP contribution in [0, 0.1) is 0 Å².